The molecule has 0 spiro atoms. The van der Waals surface area contributed by atoms with Gasteiger partial charge in [-0.15, -0.1) is 0 Å². The number of H-pyrrole nitrogens is 1. The molecule has 7 heteroatoms. The van der Waals surface area contributed by atoms with E-state index in [0.717, 1.165) is 0 Å². The van der Waals surface area contributed by atoms with Gasteiger partial charge in [-0.3, -0.25) is 9.36 Å². The highest BCUT2D eigenvalue weighted by atomic mass is 32.1. The largest absolute Gasteiger partial charge is 0.508 e. The van der Waals surface area contributed by atoms with Gasteiger partial charge in [0.1, 0.15) is 22.6 Å². The number of nitrogens with one attached hydrogen (secondary N) is 1. The number of aromatic amines is 1. The van der Waals surface area contributed by atoms with Crippen molar-refractivity contribution in [3.63, 3.8) is 0 Å². The first-order valence-corrected chi connectivity index (χ1v) is 6.77. The summed E-state index contributed by atoms with van der Waals surface area (Å²) < 4.78 is 6.49. The molecule has 0 saturated heterocycles. The lowest BCUT2D eigenvalue weighted by atomic mass is 10.2. The van der Waals surface area contributed by atoms with Gasteiger partial charge in [-0.2, -0.15) is 0 Å². The van der Waals surface area contributed by atoms with Crippen LogP contribution in [-0.2, 0) is 0 Å². The van der Waals surface area contributed by atoms with E-state index in [1.165, 1.54) is 29.9 Å². The van der Waals surface area contributed by atoms with E-state index in [-0.39, 0.29) is 21.7 Å². The Hall–Kier alpha value is -2.80. The zero-order chi connectivity index (χ0) is 15.9. The molecule has 0 aliphatic rings. The summed E-state index contributed by atoms with van der Waals surface area (Å²) in [6.45, 7) is 0. The van der Waals surface area contributed by atoms with Gasteiger partial charge in [0, 0.05) is 12.1 Å². The first-order valence-electron chi connectivity index (χ1n) is 6.36. The second-order valence-electron chi connectivity index (χ2n) is 4.66. The molecule has 0 radical (unpaired) electrons. The van der Waals surface area contributed by atoms with E-state index in [1.807, 2.05) is 0 Å². The summed E-state index contributed by atoms with van der Waals surface area (Å²) >= 11 is 5.23. The first-order chi connectivity index (χ1) is 10.5. The smallest absolute Gasteiger partial charge is 0.270 e. The van der Waals surface area contributed by atoms with Crippen molar-refractivity contribution in [2.24, 2.45) is 0 Å². The number of methoxy groups -OCH3 is 1. The van der Waals surface area contributed by atoms with Gasteiger partial charge >= 0.3 is 0 Å². The highest BCUT2D eigenvalue weighted by Gasteiger charge is 2.13. The summed E-state index contributed by atoms with van der Waals surface area (Å²) in [5.74, 6) is 0.302. The Kier molecular flexibility index (Phi) is 3.34. The zero-order valence-corrected chi connectivity index (χ0v) is 12.3. The number of benzene rings is 2. The normalized spacial score (nSPS) is 10.8. The van der Waals surface area contributed by atoms with Crippen LogP contribution in [0.3, 0.4) is 0 Å². The van der Waals surface area contributed by atoms with Gasteiger partial charge in [0.25, 0.3) is 5.56 Å². The van der Waals surface area contributed by atoms with Crippen LogP contribution in [0.4, 0.5) is 0 Å². The Bertz CT molecular complexity index is 974. The Morgan fingerprint density at radius 1 is 1.18 bits per heavy atom. The number of phenolic OH excluding ortho intramolecular Hbond substituents is 2. The number of ether oxygens (including phenoxy) is 1. The number of phenols is 2. The molecule has 3 aromatic rings. The maximum atomic E-state index is 12.7. The van der Waals surface area contributed by atoms with Crippen LogP contribution in [0, 0.1) is 4.77 Å². The van der Waals surface area contributed by atoms with Crippen LogP contribution in [0.1, 0.15) is 0 Å². The van der Waals surface area contributed by atoms with Gasteiger partial charge in [0.15, 0.2) is 4.77 Å². The van der Waals surface area contributed by atoms with Gasteiger partial charge in [-0.25, -0.2) is 0 Å². The molecule has 0 atom stereocenters. The quantitative estimate of drug-likeness (QED) is 0.632. The van der Waals surface area contributed by atoms with Crippen molar-refractivity contribution in [3.05, 3.63) is 51.5 Å². The van der Waals surface area contributed by atoms with Crippen LogP contribution in [0.2, 0.25) is 0 Å². The van der Waals surface area contributed by atoms with Crippen LogP contribution in [0.15, 0.2) is 41.2 Å². The maximum Gasteiger partial charge on any atom is 0.270 e. The van der Waals surface area contributed by atoms with E-state index in [0.29, 0.717) is 17.0 Å². The summed E-state index contributed by atoms with van der Waals surface area (Å²) in [5, 5.41) is 19.5. The number of hydrogen-bond acceptors (Lipinski definition) is 5. The molecule has 2 aromatic carbocycles. The van der Waals surface area contributed by atoms with Crippen molar-refractivity contribution >= 4 is 23.1 Å². The molecule has 0 aliphatic heterocycles. The topological polar surface area (TPSA) is 87.5 Å². The summed E-state index contributed by atoms with van der Waals surface area (Å²) in [6, 6.07) is 8.98. The highest BCUT2D eigenvalue weighted by molar-refractivity contribution is 7.71. The number of aromatic nitrogens is 2. The summed E-state index contributed by atoms with van der Waals surface area (Å²) in [4.78, 5) is 15.6. The van der Waals surface area contributed by atoms with Gasteiger partial charge in [0.2, 0.25) is 0 Å². The van der Waals surface area contributed by atoms with Crippen LogP contribution in [0.5, 0.6) is 17.2 Å². The number of nitrogens with zero attached hydrogens (tertiary/aromatic N) is 1. The molecule has 1 aromatic heterocycles. The zero-order valence-electron chi connectivity index (χ0n) is 11.5. The molecule has 3 rings (SSSR count). The molecule has 0 fully saturated rings. The average Bonchev–Trinajstić information content (AvgIpc) is 2.48. The van der Waals surface area contributed by atoms with E-state index >= 15 is 0 Å². The fraction of sp³-hybridized carbons (Fsp3) is 0.0667. The fourth-order valence-electron chi connectivity index (χ4n) is 2.25. The second kappa shape index (κ2) is 5.19. The van der Waals surface area contributed by atoms with Gasteiger partial charge in [-0.05, 0) is 36.5 Å². The standard InChI is InChI=1S/C15H12N2O4S/c1-21-10-6-11-13(12(19)7-10)14(20)17(15(22)16-11)8-2-4-9(18)5-3-8/h2-7,18-19H,1H3,(H,16,22). The molecule has 0 bridgehead atoms. The van der Waals surface area contributed by atoms with Crippen LogP contribution >= 0.6 is 12.2 Å². The number of aromatic hydroxyl groups is 2. The lowest BCUT2D eigenvalue weighted by Crippen LogP contribution is -2.20. The van der Waals surface area contributed by atoms with E-state index in [9.17, 15) is 15.0 Å². The van der Waals surface area contributed by atoms with Crippen molar-refractivity contribution in [1.29, 1.82) is 0 Å². The van der Waals surface area contributed by atoms with Crippen molar-refractivity contribution in [2.45, 2.75) is 0 Å². The summed E-state index contributed by atoms with van der Waals surface area (Å²) in [5.41, 5.74) is 0.424. The monoisotopic (exact) mass is 316 g/mol. The Morgan fingerprint density at radius 2 is 1.86 bits per heavy atom. The van der Waals surface area contributed by atoms with Crippen LogP contribution in [0.25, 0.3) is 16.6 Å². The molecule has 22 heavy (non-hydrogen) atoms. The Labute approximate surface area is 129 Å². The molecule has 0 unspecified atom stereocenters. The molecule has 3 N–H and O–H groups in total. The average molecular weight is 316 g/mol. The molecule has 0 aliphatic carbocycles. The van der Waals surface area contributed by atoms with E-state index < -0.39 is 5.56 Å². The lowest BCUT2D eigenvalue weighted by Gasteiger charge is -2.10. The second-order valence-corrected chi connectivity index (χ2v) is 5.04. The number of fused-ring (bicyclic) bond motifs is 1. The van der Waals surface area contributed by atoms with Crippen molar-refractivity contribution < 1.29 is 14.9 Å². The maximum absolute atomic E-state index is 12.7. The third kappa shape index (κ3) is 2.21. The molecule has 1 heterocycles. The van der Waals surface area contributed by atoms with Gasteiger partial charge < -0.3 is 19.9 Å². The van der Waals surface area contributed by atoms with Crippen molar-refractivity contribution in [1.82, 2.24) is 9.55 Å². The van der Waals surface area contributed by atoms with Gasteiger partial charge in [-0.1, -0.05) is 0 Å². The molecular formula is C15H12N2O4S. The lowest BCUT2D eigenvalue weighted by molar-refractivity contribution is 0.409. The molecule has 112 valence electrons. The number of hydrogen-bond donors (Lipinski definition) is 3. The molecular weight excluding hydrogens is 304 g/mol. The predicted molar refractivity (Wildman–Crippen MR) is 84.6 cm³/mol. The summed E-state index contributed by atoms with van der Waals surface area (Å²) in [6.07, 6.45) is 0. The van der Waals surface area contributed by atoms with Crippen molar-refractivity contribution in [3.8, 4) is 22.9 Å². The molecule has 0 saturated carbocycles. The van der Waals surface area contributed by atoms with E-state index in [2.05, 4.69) is 4.98 Å². The summed E-state index contributed by atoms with van der Waals surface area (Å²) in [7, 11) is 1.47. The minimum Gasteiger partial charge on any atom is -0.508 e. The molecule has 6 nitrogen and oxygen atoms in total. The van der Waals surface area contributed by atoms with Crippen LogP contribution < -0.4 is 10.3 Å². The third-order valence-corrected chi connectivity index (χ3v) is 3.58. The predicted octanol–water partition coefficient (Wildman–Crippen LogP) is 2.47. The minimum atomic E-state index is -0.454. The van der Waals surface area contributed by atoms with E-state index in [4.69, 9.17) is 17.0 Å². The van der Waals surface area contributed by atoms with Crippen molar-refractivity contribution in [2.75, 3.05) is 7.11 Å². The van der Waals surface area contributed by atoms with Gasteiger partial charge in [0.05, 0.1) is 18.3 Å². The Balaban J connectivity index is 2.38. The van der Waals surface area contributed by atoms with E-state index in [1.54, 1.807) is 18.2 Å². The minimum absolute atomic E-state index is 0.0834. The number of rotatable bonds is 2. The highest BCUT2D eigenvalue weighted by Crippen LogP contribution is 2.27. The fourth-order valence-corrected chi connectivity index (χ4v) is 2.55. The SMILES string of the molecule is COc1cc(O)c2c(=O)n(-c3ccc(O)cc3)c(=S)[nH]c2c1. The Morgan fingerprint density at radius 3 is 2.50 bits per heavy atom. The first kappa shape index (κ1) is 14.2. The third-order valence-electron chi connectivity index (χ3n) is 3.30. The molecule has 0 amide bonds. The van der Waals surface area contributed by atoms with Crippen LogP contribution in [-0.4, -0.2) is 26.9 Å².